The van der Waals surface area contributed by atoms with E-state index in [1.165, 1.54) is 50.7 Å². The van der Waals surface area contributed by atoms with E-state index in [1.807, 2.05) is 0 Å². The largest absolute Gasteiger partial charge is 0.339 e. The summed E-state index contributed by atoms with van der Waals surface area (Å²) in [6, 6.07) is 9.13. The van der Waals surface area contributed by atoms with E-state index >= 15 is 0 Å². The molecule has 0 unspecified atom stereocenters. The molecule has 0 saturated carbocycles. The van der Waals surface area contributed by atoms with Crippen molar-refractivity contribution < 1.29 is 0 Å². The highest BCUT2D eigenvalue weighted by atomic mass is 15.3. The second-order valence-corrected chi connectivity index (χ2v) is 7.86. The SMILES string of the molecule is CCn1c2ccccc2c2nnc(N3CCC(N4CCCCC4)CC3)nc21. The van der Waals surface area contributed by atoms with Gasteiger partial charge in [-0.1, -0.05) is 24.6 Å². The number of aryl methyl sites for hydroxylation is 1. The zero-order valence-corrected chi connectivity index (χ0v) is 16.1. The van der Waals surface area contributed by atoms with Gasteiger partial charge in [0.05, 0.1) is 5.52 Å². The van der Waals surface area contributed by atoms with Crippen molar-refractivity contribution in [3.05, 3.63) is 24.3 Å². The summed E-state index contributed by atoms with van der Waals surface area (Å²) in [6.07, 6.45) is 6.55. The molecule has 3 aromatic rings. The second kappa shape index (κ2) is 7.08. The lowest BCUT2D eigenvalue weighted by molar-refractivity contribution is 0.141. The molecule has 2 aliphatic heterocycles. The highest BCUT2D eigenvalue weighted by molar-refractivity contribution is 6.04. The van der Waals surface area contributed by atoms with Gasteiger partial charge < -0.3 is 14.4 Å². The Morgan fingerprint density at radius 1 is 0.963 bits per heavy atom. The predicted molar refractivity (Wildman–Crippen MR) is 109 cm³/mol. The van der Waals surface area contributed by atoms with Gasteiger partial charge in [0, 0.05) is 31.1 Å². The molecule has 0 amide bonds. The summed E-state index contributed by atoms with van der Waals surface area (Å²) in [5.74, 6) is 0.789. The number of likely N-dealkylation sites (tertiary alicyclic amines) is 1. The number of anilines is 1. The third kappa shape index (κ3) is 2.96. The predicted octanol–water partition coefficient (Wildman–Crippen LogP) is 3.45. The Balaban J connectivity index is 1.40. The number of para-hydroxylation sites is 1. The minimum Gasteiger partial charge on any atom is -0.339 e. The van der Waals surface area contributed by atoms with Gasteiger partial charge in [-0.2, -0.15) is 4.98 Å². The minimum absolute atomic E-state index is 0.736. The molecule has 2 aromatic heterocycles. The number of piperidine rings is 2. The van der Waals surface area contributed by atoms with Crippen molar-refractivity contribution in [3.63, 3.8) is 0 Å². The smallest absolute Gasteiger partial charge is 0.247 e. The first-order chi connectivity index (χ1) is 13.3. The molecule has 1 aromatic carbocycles. The molecule has 5 rings (SSSR count). The monoisotopic (exact) mass is 364 g/mol. The summed E-state index contributed by atoms with van der Waals surface area (Å²) in [7, 11) is 0. The zero-order chi connectivity index (χ0) is 18.2. The van der Waals surface area contributed by atoms with E-state index in [0.29, 0.717) is 0 Å². The number of aromatic nitrogens is 4. The van der Waals surface area contributed by atoms with Crippen LogP contribution < -0.4 is 4.90 Å². The lowest BCUT2D eigenvalue weighted by Crippen LogP contribution is -2.47. The van der Waals surface area contributed by atoms with Crippen molar-refractivity contribution in [3.8, 4) is 0 Å². The van der Waals surface area contributed by atoms with Gasteiger partial charge in [0.1, 0.15) is 5.52 Å². The van der Waals surface area contributed by atoms with Crippen molar-refractivity contribution in [2.75, 3.05) is 31.1 Å². The first-order valence-electron chi connectivity index (χ1n) is 10.5. The Labute approximate surface area is 160 Å². The molecule has 2 fully saturated rings. The Morgan fingerprint density at radius 3 is 2.52 bits per heavy atom. The number of rotatable bonds is 3. The highest BCUT2D eigenvalue weighted by Crippen LogP contribution is 2.28. The first kappa shape index (κ1) is 16.9. The van der Waals surface area contributed by atoms with Crippen molar-refractivity contribution in [1.82, 2.24) is 24.6 Å². The Kier molecular flexibility index (Phi) is 4.44. The van der Waals surface area contributed by atoms with Gasteiger partial charge in [-0.05, 0) is 51.8 Å². The molecule has 0 bridgehead atoms. The van der Waals surface area contributed by atoms with E-state index < -0.39 is 0 Å². The Morgan fingerprint density at radius 2 is 1.74 bits per heavy atom. The molecule has 0 atom stereocenters. The molecule has 142 valence electrons. The lowest BCUT2D eigenvalue weighted by Gasteiger charge is -2.40. The normalized spacial score (nSPS) is 20.0. The van der Waals surface area contributed by atoms with Crippen LogP contribution in [-0.4, -0.2) is 56.9 Å². The van der Waals surface area contributed by atoms with E-state index in [2.05, 4.69) is 55.8 Å². The van der Waals surface area contributed by atoms with Gasteiger partial charge in [-0.25, -0.2) is 0 Å². The van der Waals surface area contributed by atoms with Crippen molar-refractivity contribution >= 4 is 28.0 Å². The fourth-order valence-corrected chi connectivity index (χ4v) is 4.86. The molecule has 4 heterocycles. The van der Waals surface area contributed by atoms with Crippen LogP contribution in [0.3, 0.4) is 0 Å². The summed E-state index contributed by atoms with van der Waals surface area (Å²) in [6.45, 7) is 7.68. The average molecular weight is 364 g/mol. The van der Waals surface area contributed by atoms with E-state index in [1.54, 1.807) is 0 Å². The van der Waals surface area contributed by atoms with Crippen LogP contribution in [0.25, 0.3) is 22.1 Å². The molecule has 0 radical (unpaired) electrons. The minimum atomic E-state index is 0.736. The summed E-state index contributed by atoms with van der Waals surface area (Å²) in [5.41, 5.74) is 3.07. The second-order valence-electron chi connectivity index (χ2n) is 7.86. The van der Waals surface area contributed by atoms with Gasteiger partial charge in [-0.15, -0.1) is 10.2 Å². The zero-order valence-electron chi connectivity index (χ0n) is 16.1. The van der Waals surface area contributed by atoms with Crippen molar-refractivity contribution in [2.45, 2.75) is 51.6 Å². The van der Waals surface area contributed by atoms with E-state index in [-0.39, 0.29) is 0 Å². The van der Waals surface area contributed by atoms with Crippen LogP contribution in [0.5, 0.6) is 0 Å². The van der Waals surface area contributed by atoms with Gasteiger partial charge >= 0.3 is 0 Å². The Bertz CT molecular complexity index is 934. The number of hydrogen-bond donors (Lipinski definition) is 0. The summed E-state index contributed by atoms with van der Waals surface area (Å²) in [5, 5.41) is 10.2. The van der Waals surface area contributed by atoms with Crippen LogP contribution in [0.4, 0.5) is 5.95 Å². The third-order valence-corrected chi connectivity index (χ3v) is 6.33. The standard InChI is InChI=1S/C21H28N6/c1-2-27-18-9-5-4-8-17(18)19-20(27)22-21(24-23-19)26-14-10-16(11-15-26)25-12-6-3-7-13-25/h4-5,8-9,16H,2-3,6-7,10-15H2,1H3. The summed E-state index contributed by atoms with van der Waals surface area (Å²) in [4.78, 5) is 9.98. The lowest BCUT2D eigenvalue weighted by atomic mass is 10.0. The van der Waals surface area contributed by atoms with Gasteiger partial charge in [0.2, 0.25) is 5.95 Å². The average Bonchev–Trinajstić information content (AvgIpc) is 3.07. The molecule has 6 heteroatoms. The Hall–Kier alpha value is -2.21. The van der Waals surface area contributed by atoms with Gasteiger partial charge in [0.25, 0.3) is 0 Å². The summed E-state index contributed by atoms with van der Waals surface area (Å²) < 4.78 is 2.25. The quantitative estimate of drug-likeness (QED) is 0.712. The van der Waals surface area contributed by atoms with Crippen LogP contribution >= 0.6 is 0 Å². The molecule has 0 aliphatic carbocycles. The maximum Gasteiger partial charge on any atom is 0.247 e. The molecular weight excluding hydrogens is 336 g/mol. The molecule has 2 aliphatic rings. The maximum absolute atomic E-state index is 4.95. The topological polar surface area (TPSA) is 50.1 Å². The third-order valence-electron chi connectivity index (χ3n) is 6.33. The number of benzene rings is 1. The molecule has 2 saturated heterocycles. The van der Waals surface area contributed by atoms with Crippen LogP contribution in [-0.2, 0) is 6.54 Å². The van der Waals surface area contributed by atoms with Crippen LogP contribution in [0.2, 0.25) is 0 Å². The number of fused-ring (bicyclic) bond motifs is 3. The van der Waals surface area contributed by atoms with Crippen molar-refractivity contribution in [1.29, 1.82) is 0 Å². The molecule has 27 heavy (non-hydrogen) atoms. The van der Waals surface area contributed by atoms with E-state index in [0.717, 1.165) is 48.2 Å². The van der Waals surface area contributed by atoms with E-state index in [4.69, 9.17) is 4.98 Å². The maximum atomic E-state index is 4.95. The molecule has 0 N–H and O–H groups in total. The van der Waals surface area contributed by atoms with Crippen LogP contribution in [0.1, 0.15) is 39.0 Å². The van der Waals surface area contributed by atoms with Crippen LogP contribution in [0, 0.1) is 0 Å². The fraction of sp³-hybridized carbons (Fsp3) is 0.571. The highest BCUT2D eigenvalue weighted by Gasteiger charge is 2.27. The molecular formula is C21H28N6. The first-order valence-corrected chi connectivity index (χ1v) is 10.5. The molecule has 6 nitrogen and oxygen atoms in total. The van der Waals surface area contributed by atoms with Gasteiger partial charge in [0.15, 0.2) is 5.65 Å². The summed E-state index contributed by atoms with van der Waals surface area (Å²) >= 11 is 0. The van der Waals surface area contributed by atoms with Crippen LogP contribution in [0.15, 0.2) is 24.3 Å². The number of nitrogens with zero attached hydrogens (tertiary/aromatic N) is 6. The van der Waals surface area contributed by atoms with E-state index in [9.17, 15) is 0 Å². The number of hydrogen-bond acceptors (Lipinski definition) is 5. The van der Waals surface area contributed by atoms with Crippen molar-refractivity contribution in [2.24, 2.45) is 0 Å². The fourth-order valence-electron chi connectivity index (χ4n) is 4.86. The molecule has 0 spiro atoms. The van der Waals surface area contributed by atoms with Gasteiger partial charge in [-0.3, -0.25) is 0 Å².